The molecular weight excluding hydrogens is 334 g/mol. The molecule has 0 radical (unpaired) electrons. The Labute approximate surface area is 154 Å². The largest absolute Gasteiger partial charge is 0.351 e. The molecule has 3 rings (SSSR count). The molecule has 5 heteroatoms. The molecule has 0 bridgehead atoms. The van der Waals surface area contributed by atoms with Crippen molar-refractivity contribution in [3.05, 3.63) is 70.7 Å². The number of carbonyl (C=O) groups excluding carboxylic acids is 1. The van der Waals surface area contributed by atoms with Gasteiger partial charge in [-0.25, -0.2) is 0 Å². The van der Waals surface area contributed by atoms with Crippen LogP contribution in [0, 0.1) is 0 Å². The lowest BCUT2D eigenvalue weighted by molar-refractivity contribution is -0.123. The van der Waals surface area contributed by atoms with Gasteiger partial charge in [0.2, 0.25) is 5.91 Å². The minimum Gasteiger partial charge on any atom is -0.351 e. The van der Waals surface area contributed by atoms with Gasteiger partial charge in [-0.15, -0.1) is 0 Å². The van der Waals surface area contributed by atoms with Crippen LogP contribution in [0.5, 0.6) is 0 Å². The Balaban J connectivity index is 1.60. The maximum absolute atomic E-state index is 12.4. The Bertz CT molecular complexity index is 707. The van der Waals surface area contributed by atoms with Crippen LogP contribution in [-0.4, -0.2) is 48.9 Å². The van der Waals surface area contributed by atoms with Gasteiger partial charge >= 0.3 is 0 Å². The zero-order chi connectivity index (χ0) is 17.6. The molecule has 0 aromatic heterocycles. The molecule has 25 heavy (non-hydrogen) atoms. The molecule has 1 N–H and O–H groups in total. The highest BCUT2D eigenvalue weighted by atomic mass is 35.5. The molecule has 4 nitrogen and oxygen atoms in total. The second-order valence-electron chi connectivity index (χ2n) is 6.57. The molecular formula is C20H24ClN3O. The Hall–Kier alpha value is -1.88. The summed E-state index contributed by atoms with van der Waals surface area (Å²) in [5.74, 6) is 0.0467. The third-order valence-corrected chi connectivity index (χ3v) is 4.84. The first-order chi connectivity index (χ1) is 12.1. The van der Waals surface area contributed by atoms with Gasteiger partial charge in [0.05, 0.1) is 6.54 Å². The third-order valence-electron chi connectivity index (χ3n) is 4.60. The van der Waals surface area contributed by atoms with Crippen LogP contribution < -0.4 is 5.32 Å². The van der Waals surface area contributed by atoms with Crippen LogP contribution in [0.2, 0.25) is 5.02 Å². The van der Waals surface area contributed by atoms with Crippen LogP contribution in [0.15, 0.2) is 54.6 Å². The molecule has 1 unspecified atom stereocenters. The van der Waals surface area contributed by atoms with E-state index in [9.17, 15) is 4.79 Å². The number of hydrogen-bond donors (Lipinski definition) is 1. The number of rotatable bonds is 5. The molecule has 0 spiro atoms. The maximum Gasteiger partial charge on any atom is 0.234 e. The SMILES string of the molecule is CN1CCN(CC(=O)NCc2cccc(Cl)c2)C(c2ccccc2)C1. The number of amides is 1. The van der Waals surface area contributed by atoms with Crippen molar-refractivity contribution in [2.24, 2.45) is 0 Å². The average Bonchev–Trinajstić information content (AvgIpc) is 2.62. The van der Waals surface area contributed by atoms with Crippen molar-refractivity contribution >= 4 is 17.5 Å². The van der Waals surface area contributed by atoms with Crippen LogP contribution in [0.3, 0.4) is 0 Å². The van der Waals surface area contributed by atoms with Crippen molar-refractivity contribution in [3.8, 4) is 0 Å². The summed E-state index contributed by atoms with van der Waals surface area (Å²) in [6.45, 7) is 3.72. The standard InChI is InChI=1S/C20H24ClN3O/c1-23-10-11-24(19(14-23)17-7-3-2-4-8-17)15-20(25)22-13-16-6-5-9-18(21)12-16/h2-9,12,19H,10-11,13-15H2,1H3,(H,22,25). The third kappa shape index (κ3) is 5.05. The number of benzene rings is 2. The maximum atomic E-state index is 12.4. The predicted octanol–water partition coefficient (Wildman–Crippen LogP) is 2.94. The molecule has 1 heterocycles. The molecule has 1 aliphatic heterocycles. The van der Waals surface area contributed by atoms with E-state index in [4.69, 9.17) is 11.6 Å². The molecule has 132 valence electrons. The second kappa shape index (κ2) is 8.48. The summed E-state index contributed by atoms with van der Waals surface area (Å²) in [7, 11) is 2.13. The number of hydrogen-bond acceptors (Lipinski definition) is 3. The summed E-state index contributed by atoms with van der Waals surface area (Å²) < 4.78 is 0. The van der Waals surface area contributed by atoms with Gasteiger partial charge in [0, 0.05) is 37.2 Å². The number of nitrogens with zero attached hydrogens (tertiary/aromatic N) is 2. The van der Waals surface area contributed by atoms with E-state index in [0.29, 0.717) is 18.1 Å². The van der Waals surface area contributed by atoms with Crippen LogP contribution in [-0.2, 0) is 11.3 Å². The molecule has 1 saturated heterocycles. The van der Waals surface area contributed by atoms with Crippen molar-refractivity contribution < 1.29 is 4.79 Å². The Morgan fingerprint density at radius 1 is 1.16 bits per heavy atom. The summed E-state index contributed by atoms with van der Waals surface area (Å²) >= 11 is 5.99. The predicted molar refractivity (Wildman–Crippen MR) is 102 cm³/mol. The van der Waals surface area contributed by atoms with E-state index in [1.807, 2.05) is 30.3 Å². The molecule has 1 amide bonds. The summed E-state index contributed by atoms with van der Waals surface area (Å²) in [6.07, 6.45) is 0. The summed E-state index contributed by atoms with van der Waals surface area (Å²) in [4.78, 5) is 17.0. The molecule has 0 aliphatic carbocycles. The molecule has 2 aromatic carbocycles. The van der Waals surface area contributed by atoms with Crippen LogP contribution in [0.1, 0.15) is 17.2 Å². The van der Waals surface area contributed by atoms with Crippen molar-refractivity contribution in [1.29, 1.82) is 0 Å². The van der Waals surface area contributed by atoms with E-state index in [-0.39, 0.29) is 11.9 Å². The average molecular weight is 358 g/mol. The van der Waals surface area contributed by atoms with Crippen LogP contribution in [0.4, 0.5) is 0 Å². The molecule has 1 aliphatic rings. The van der Waals surface area contributed by atoms with Crippen molar-refractivity contribution in [3.63, 3.8) is 0 Å². The highest BCUT2D eigenvalue weighted by molar-refractivity contribution is 6.30. The first kappa shape index (κ1) is 17.9. The fourth-order valence-corrected chi connectivity index (χ4v) is 3.44. The van der Waals surface area contributed by atoms with E-state index in [0.717, 1.165) is 25.2 Å². The topological polar surface area (TPSA) is 35.6 Å². The van der Waals surface area contributed by atoms with E-state index in [2.05, 4.69) is 46.4 Å². The normalized spacial score (nSPS) is 18.9. The van der Waals surface area contributed by atoms with E-state index in [1.165, 1.54) is 5.56 Å². The lowest BCUT2D eigenvalue weighted by Crippen LogP contribution is -2.49. The number of carbonyl (C=O) groups is 1. The van der Waals surface area contributed by atoms with Gasteiger partial charge in [-0.2, -0.15) is 0 Å². The van der Waals surface area contributed by atoms with E-state index < -0.39 is 0 Å². The summed E-state index contributed by atoms with van der Waals surface area (Å²) in [5.41, 5.74) is 2.27. The Morgan fingerprint density at radius 2 is 1.96 bits per heavy atom. The fourth-order valence-electron chi connectivity index (χ4n) is 3.23. The highest BCUT2D eigenvalue weighted by Gasteiger charge is 2.27. The smallest absolute Gasteiger partial charge is 0.234 e. The van der Waals surface area contributed by atoms with Crippen molar-refractivity contribution in [2.45, 2.75) is 12.6 Å². The van der Waals surface area contributed by atoms with Crippen LogP contribution in [0.25, 0.3) is 0 Å². The Kier molecular flexibility index (Phi) is 6.08. The molecule has 1 fully saturated rings. The van der Waals surface area contributed by atoms with Gasteiger partial charge in [-0.05, 0) is 30.3 Å². The first-order valence-electron chi connectivity index (χ1n) is 8.60. The summed E-state index contributed by atoms with van der Waals surface area (Å²) in [6, 6.07) is 18.2. The molecule has 2 aromatic rings. The van der Waals surface area contributed by atoms with Gasteiger partial charge in [0.25, 0.3) is 0 Å². The number of nitrogens with one attached hydrogen (secondary N) is 1. The number of halogens is 1. The lowest BCUT2D eigenvalue weighted by Gasteiger charge is -2.39. The zero-order valence-corrected chi connectivity index (χ0v) is 15.2. The zero-order valence-electron chi connectivity index (χ0n) is 14.5. The number of likely N-dealkylation sites (N-methyl/N-ethyl adjacent to an activating group) is 1. The number of piperazine rings is 1. The minimum atomic E-state index is 0.0467. The molecule has 1 atom stereocenters. The lowest BCUT2D eigenvalue weighted by atomic mass is 10.0. The minimum absolute atomic E-state index is 0.0467. The first-order valence-corrected chi connectivity index (χ1v) is 8.98. The molecule has 0 saturated carbocycles. The monoisotopic (exact) mass is 357 g/mol. The van der Waals surface area contributed by atoms with E-state index >= 15 is 0 Å². The van der Waals surface area contributed by atoms with E-state index in [1.54, 1.807) is 0 Å². The fraction of sp³-hybridized carbons (Fsp3) is 0.350. The second-order valence-corrected chi connectivity index (χ2v) is 7.00. The Morgan fingerprint density at radius 3 is 2.72 bits per heavy atom. The van der Waals surface area contributed by atoms with Gasteiger partial charge in [-0.1, -0.05) is 54.1 Å². The quantitative estimate of drug-likeness (QED) is 0.893. The van der Waals surface area contributed by atoms with Gasteiger partial charge in [0.15, 0.2) is 0 Å². The van der Waals surface area contributed by atoms with Gasteiger partial charge in [0.1, 0.15) is 0 Å². The highest BCUT2D eigenvalue weighted by Crippen LogP contribution is 2.24. The van der Waals surface area contributed by atoms with Gasteiger partial charge in [-0.3, -0.25) is 9.69 Å². The van der Waals surface area contributed by atoms with Gasteiger partial charge < -0.3 is 10.2 Å². The van der Waals surface area contributed by atoms with Crippen molar-refractivity contribution in [1.82, 2.24) is 15.1 Å². The van der Waals surface area contributed by atoms with Crippen molar-refractivity contribution in [2.75, 3.05) is 33.2 Å². The summed E-state index contributed by atoms with van der Waals surface area (Å²) in [5, 5.41) is 3.69. The van der Waals surface area contributed by atoms with Crippen LogP contribution >= 0.6 is 11.6 Å².